The number of halogens is 1. The van der Waals surface area contributed by atoms with Crippen molar-refractivity contribution in [2.24, 2.45) is 7.05 Å². The topological polar surface area (TPSA) is 35.1 Å². The van der Waals surface area contributed by atoms with Crippen LogP contribution in [0.5, 0.6) is 0 Å². The van der Waals surface area contributed by atoms with Crippen LogP contribution in [0.1, 0.15) is 5.56 Å². The molecule has 4 heteroatoms. The number of oxazole rings is 1. The number of benzene rings is 1. The van der Waals surface area contributed by atoms with Crippen molar-refractivity contribution in [1.82, 2.24) is 4.57 Å². The molecule has 0 fully saturated rings. The van der Waals surface area contributed by atoms with Crippen LogP contribution in [0.4, 0.5) is 0 Å². The summed E-state index contributed by atoms with van der Waals surface area (Å²) < 4.78 is 6.55. The van der Waals surface area contributed by atoms with E-state index < -0.39 is 0 Å². The van der Waals surface area contributed by atoms with Crippen molar-refractivity contribution < 1.29 is 4.42 Å². The zero-order valence-corrected chi connectivity index (χ0v) is 8.67. The van der Waals surface area contributed by atoms with Gasteiger partial charge in [0.15, 0.2) is 5.58 Å². The molecule has 68 valence electrons. The molecular formula is C9H8BrNO2. The minimum atomic E-state index is -0.316. The maximum absolute atomic E-state index is 11.2. The van der Waals surface area contributed by atoms with E-state index in [9.17, 15) is 4.79 Å². The lowest BCUT2D eigenvalue weighted by atomic mass is 10.2. The van der Waals surface area contributed by atoms with Crippen molar-refractivity contribution in [2.45, 2.75) is 5.33 Å². The van der Waals surface area contributed by atoms with Crippen molar-refractivity contribution in [3.63, 3.8) is 0 Å². The molecule has 13 heavy (non-hydrogen) atoms. The summed E-state index contributed by atoms with van der Waals surface area (Å²) in [5.41, 5.74) is 2.57. The van der Waals surface area contributed by atoms with Crippen LogP contribution in [0.15, 0.2) is 27.4 Å². The monoisotopic (exact) mass is 241 g/mol. The Morgan fingerprint density at radius 1 is 1.54 bits per heavy atom. The predicted octanol–water partition coefficient (Wildman–Crippen LogP) is 2.03. The van der Waals surface area contributed by atoms with Gasteiger partial charge >= 0.3 is 5.76 Å². The SMILES string of the molecule is Cn1c(=O)oc2cccc(CBr)c21. The maximum atomic E-state index is 11.2. The Hall–Kier alpha value is -1.03. The molecule has 1 heterocycles. The molecule has 3 nitrogen and oxygen atoms in total. The quantitative estimate of drug-likeness (QED) is 0.717. The smallest absolute Gasteiger partial charge is 0.408 e. The number of hydrogen-bond donors (Lipinski definition) is 0. The van der Waals surface area contributed by atoms with Gasteiger partial charge in [0.2, 0.25) is 0 Å². The Balaban J connectivity index is 2.95. The molecule has 0 amide bonds. The van der Waals surface area contributed by atoms with Gasteiger partial charge in [0, 0.05) is 12.4 Å². The van der Waals surface area contributed by atoms with Gasteiger partial charge in [-0.25, -0.2) is 4.79 Å². The molecule has 2 aromatic rings. The Kier molecular flexibility index (Phi) is 2.00. The predicted molar refractivity (Wildman–Crippen MR) is 54.1 cm³/mol. The molecule has 0 atom stereocenters. The summed E-state index contributed by atoms with van der Waals surface area (Å²) in [6.45, 7) is 0. The Labute approximate surface area is 83.1 Å². The van der Waals surface area contributed by atoms with E-state index in [0.717, 1.165) is 16.4 Å². The third-order valence-electron chi connectivity index (χ3n) is 2.03. The lowest BCUT2D eigenvalue weighted by Crippen LogP contribution is -2.09. The van der Waals surface area contributed by atoms with Gasteiger partial charge in [0.25, 0.3) is 0 Å². The Morgan fingerprint density at radius 2 is 2.31 bits per heavy atom. The number of aryl methyl sites for hydroxylation is 1. The highest BCUT2D eigenvalue weighted by atomic mass is 79.9. The Morgan fingerprint density at radius 3 is 3.00 bits per heavy atom. The van der Waals surface area contributed by atoms with E-state index in [1.165, 1.54) is 4.57 Å². The van der Waals surface area contributed by atoms with E-state index >= 15 is 0 Å². The first-order valence-corrected chi connectivity index (χ1v) is 4.99. The van der Waals surface area contributed by atoms with Crippen molar-refractivity contribution in [3.05, 3.63) is 34.3 Å². The minimum absolute atomic E-state index is 0.316. The van der Waals surface area contributed by atoms with Gasteiger partial charge in [-0.1, -0.05) is 28.1 Å². The summed E-state index contributed by atoms with van der Waals surface area (Å²) in [5.74, 6) is -0.316. The van der Waals surface area contributed by atoms with Gasteiger partial charge in [-0.3, -0.25) is 4.57 Å². The summed E-state index contributed by atoms with van der Waals surface area (Å²) in [6, 6.07) is 5.64. The molecule has 0 unspecified atom stereocenters. The lowest BCUT2D eigenvalue weighted by Gasteiger charge is -1.97. The second-order valence-corrected chi connectivity index (χ2v) is 3.39. The molecule has 0 aliphatic heterocycles. The number of rotatable bonds is 1. The molecule has 0 saturated carbocycles. The van der Waals surface area contributed by atoms with Crippen LogP contribution in [-0.4, -0.2) is 4.57 Å². The van der Waals surface area contributed by atoms with Crippen molar-refractivity contribution >= 4 is 27.0 Å². The first-order chi connectivity index (χ1) is 6.24. The third kappa shape index (κ3) is 1.21. The van der Waals surface area contributed by atoms with Crippen molar-refractivity contribution in [2.75, 3.05) is 0 Å². The van der Waals surface area contributed by atoms with Crippen molar-refractivity contribution in [3.8, 4) is 0 Å². The van der Waals surface area contributed by atoms with E-state index in [1.54, 1.807) is 13.1 Å². The van der Waals surface area contributed by atoms with Crippen LogP contribution in [0.2, 0.25) is 0 Å². The van der Waals surface area contributed by atoms with E-state index in [4.69, 9.17) is 4.42 Å². The van der Waals surface area contributed by atoms with Gasteiger partial charge in [0.1, 0.15) is 0 Å². The summed E-state index contributed by atoms with van der Waals surface area (Å²) in [6.07, 6.45) is 0. The molecule has 0 N–H and O–H groups in total. The molecule has 0 aliphatic rings. The second kappa shape index (κ2) is 3.03. The first kappa shape index (κ1) is 8.56. The maximum Gasteiger partial charge on any atom is 0.419 e. The standard InChI is InChI=1S/C9H8BrNO2/c1-11-8-6(5-10)3-2-4-7(8)13-9(11)12/h2-4H,5H2,1H3. The van der Waals surface area contributed by atoms with Crippen LogP contribution < -0.4 is 5.76 Å². The number of hydrogen-bond acceptors (Lipinski definition) is 2. The Bertz CT molecular complexity index is 498. The average molecular weight is 242 g/mol. The fraction of sp³-hybridized carbons (Fsp3) is 0.222. The number of para-hydroxylation sites is 1. The number of aromatic nitrogens is 1. The van der Waals surface area contributed by atoms with Crippen LogP contribution >= 0.6 is 15.9 Å². The summed E-state index contributed by atoms with van der Waals surface area (Å²) >= 11 is 3.36. The highest BCUT2D eigenvalue weighted by molar-refractivity contribution is 9.08. The zero-order valence-electron chi connectivity index (χ0n) is 7.08. The highest BCUT2D eigenvalue weighted by Crippen LogP contribution is 2.18. The van der Waals surface area contributed by atoms with Gasteiger partial charge < -0.3 is 4.42 Å². The van der Waals surface area contributed by atoms with Crippen LogP contribution in [-0.2, 0) is 12.4 Å². The van der Waals surface area contributed by atoms with E-state index in [0.29, 0.717) is 5.58 Å². The van der Waals surface area contributed by atoms with E-state index in [2.05, 4.69) is 15.9 Å². The molecule has 0 aliphatic carbocycles. The molecule has 0 saturated heterocycles. The first-order valence-electron chi connectivity index (χ1n) is 3.87. The van der Waals surface area contributed by atoms with Gasteiger partial charge in [-0.05, 0) is 11.6 Å². The molecule has 0 spiro atoms. The number of fused-ring (bicyclic) bond motifs is 1. The largest absolute Gasteiger partial charge is 0.419 e. The second-order valence-electron chi connectivity index (χ2n) is 2.82. The molecular weight excluding hydrogens is 234 g/mol. The van der Waals surface area contributed by atoms with Crippen LogP contribution in [0.3, 0.4) is 0 Å². The molecule has 1 aromatic heterocycles. The molecule has 0 bridgehead atoms. The zero-order chi connectivity index (χ0) is 9.42. The normalized spacial score (nSPS) is 10.9. The molecule has 0 radical (unpaired) electrons. The molecule has 2 rings (SSSR count). The third-order valence-corrected chi connectivity index (χ3v) is 2.64. The van der Waals surface area contributed by atoms with Crippen LogP contribution in [0, 0.1) is 0 Å². The van der Waals surface area contributed by atoms with E-state index in [1.807, 2.05) is 12.1 Å². The van der Waals surface area contributed by atoms with Crippen molar-refractivity contribution in [1.29, 1.82) is 0 Å². The number of alkyl halides is 1. The highest BCUT2D eigenvalue weighted by Gasteiger charge is 2.08. The molecule has 1 aromatic carbocycles. The van der Waals surface area contributed by atoms with E-state index in [-0.39, 0.29) is 5.76 Å². The summed E-state index contributed by atoms with van der Waals surface area (Å²) in [5, 5.41) is 0.719. The fourth-order valence-corrected chi connectivity index (χ4v) is 1.84. The summed E-state index contributed by atoms with van der Waals surface area (Å²) in [4.78, 5) is 11.2. The average Bonchev–Trinajstić information content (AvgIpc) is 2.43. The van der Waals surface area contributed by atoms with Gasteiger partial charge in [-0.2, -0.15) is 0 Å². The van der Waals surface area contributed by atoms with Crippen LogP contribution in [0.25, 0.3) is 11.1 Å². The number of nitrogens with zero attached hydrogens (tertiary/aromatic N) is 1. The minimum Gasteiger partial charge on any atom is -0.408 e. The lowest BCUT2D eigenvalue weighted by molar-refractivity contribution is 0.528. The fourth-order valence-electron chi connectivity index (χ4n) is 1.39. The summed E-state index contributed by atoms with van der Waals surface area (Å²) in [7, 11) is 1.71. The van der Waals surface area contributed by atoms with Gasteiger partial charge in [0.05, 0.1) is 5.52 Å². The van der Waals surface area contributed by atoms with Gasteiger partial charge in [-0.15, -0.1) is 0 Å².